The Morgan fingerprint density at radius 2 is 1.85 bits per heavy atom. The van der Waals surface area contributed by atoms with E-state index in [0.717, 1.165) is 4.31 Å². The number of aliphatic carboxylic acids is 1. The van der Waals surface area contributed by atoms with Gasteiger partial charge in [-0.25, -0.2) is 13.3 Å². The highest BCUT2D eigenvalue weighted by Crippen LogP contribution is 2.58. The van der Waals surface area contributed by atoms with E-state index in [-0.39, 0.29) is 22.0 Å². The number of thiophene rings is 1. The minimum Gasteiger partial charge on any atom is -0.479 e. The van der Waals surface area contributed by atoms with Gasteiger partial charge in [0.1, 0.15) is 10.7 Å². The third-order valence-corrected chi connectivity index (χ3v) is 7.29. The van der Waals surface area contributed by atoms with Gasteiger partial charge in [-0.15, -0.1) is 11.3 Å². The summed E-state index contributed by atoms with van der Waals surface area (Å²) in [5.74, 6) is -8.93. The first-order chi connectivity index (χ1) is 15.4. The zero-order chi connectivity index (χ0) is 24.2. The number of benzene rings is 1. The molecule has 0 saturated heterocycles. The molecule has 0 spiro atoms. The number of halogens is 5. The van der Waals surface area contributed by atoms with Crippen molar-refractivity contribution in [1.29, 1.82) is 0 Å². The molecule has 2 heterocycles. The van der Waals surface area contributed by atoms with Crippen molar-refractivity contribution in [3.63, 3.8) is 0 Å². The van der Waals surface area contributed by atoms with Crippen molar-refractivity contribution < 1.29 is 45.1 Å². The van der Waals surface area contributed by atoms with E-state index in [2.05, 4.69) is 9.68 Å². The smallest absolute Gasteiger partial charge is 0.461 e. The number of carboxylic acids is 1. The second-order valence-electron chi connectivity index (χ2n) is 7.21. The van der Waals surface area contributed by atoms with Crippen LogP contribution in [0.2, 0.25) is 0 Å². The van der Waals surface area contributed by atoms with E-state index in [1.807, 2.05) is 0 Å². The van der Waals surface area contributed by atoms with Crippen LogP contribution >= 0.6 is 11.3 Å². The summed E-state index contributed by atoms with van der Waals surface area (Å²) in [4.78, 5) is 12.2. The van der Waals surface area contributed by atoms with Gasteiger partial charge in [-0.05, 0) is 24.1 Å². The second-order valence-corrected chi connectivity index (χ2v) is 9.10. The van der Waals surface area contributed by atoms with Crippen LogP contribution in [0.15, 0.2) is 53.1 Å². The molecule has 2 aromatic heterocycles. The molecule has 0 aliphatic heterocycles. The van der Waals surface area contributed by atoms with Crippen LogP contribution in [0, 0.1) is 0 Å². The van der Waals surface area contributed by atoms with E-state index in [1.54, 1.807) is 30.3 Å². The third kappa shape index (κ3) is 3.81. The zero-order valence-corrected chi connectivity index (χ0v) is 17.8. The van der Waals surface area contributed by atoms with Crippen LogP contribution in [0.25, 0.3) is 10.6 Å². The molecule has 3 unspecified atom stereocenters. The van der Waals surface area contributed by atoms with E-state index < -0.39 is 46.6 Å². The van der Waals surface area contributed by atoms with Crippen LogP contribution in [0.3, 0.4) is 0 Å². The minimum atomic E-state index is -5.89. The maximum Gasteiger partial charge on any atom is 0.461 e. The number of rotatable bonds is 7. The van der Waals surface area contributed by atoms with Crippen molar-refractivity contribution in [2.24, 2.45) is 0 Å². The number of hydrogen-bond acceptors (Lipinski definition) is 5. The Morgan fingerprint density at radius 1 is 1.18 bits per heavy atom. The predicted molar refractivity (Wildman–Crippen MR) is 107 cm³/mol. The van der Waals surface area contributed by atoms with Crippen LogP contribution in [0.5, 0.6) is 0 Å². The van der Waals surface area contributed by atoms with Gasteiger partial charge >= 0.3 is 18.1 Å². The molecule has 7 nitrogen and oxygen atoms in total. The lowest BCUT2D eigenvalue weighted by Crippen LogP contribution is -2.45. The molecule has 0 radical (unpaired) electrons. The third-order valence-electron chi connectivity index (χ3n) is 5.24. The summed E-state index contributed by atoms with van der Waals surface area (Å²) in [5.41, 5.74) is -1.47. The molecule has 2 N–H and O–H groups in total. The van der Waals surface area contributed by atoms with Crippen LogP contribution < -0.4 is 4.31 Å². The number of hydrogen-bond donors (Lipinski definition) is 2. The van der Waals surface area contributed by atoms with Crippen molar-refractivity contribution in [2.75, 3.05) is 4.31 Å². The number of aromatic nitrogens is 1. The Balaban J connectivity index is 1.68. The average molecular weight is 508 g/mol. The molecule has 4 rings (SSSR count). The summed E-state index contributed by atoms with van der Waals surface area (Å²) in [6, 6.07) is 11.4. The van der Waals surface area contributed by atoms with Gasteiger partial charge in [-0.2, -0.15) is 22.0 Å². The molecular formula is C19H13F5N2O5S2. The van der Waals surface area contributed by atoms with E-state index in [0.29, 0.717) is 23.0 Å². The van der Waals surface area contributed by atoms with Gasteiger partial charge in [0.05, 0.1) is 4.88 Å². The second kappa shape index (κ2) is 7.88. The van der Waals surface area contributed by atoms with Gasteiger partial charge in [0.25, 0.3) is 11.3 Å². The highest BCUT2D eigenvalue weighted by atomic mass is 32.2. The minimum absolute atomic E-state index is 0.0150. The number of anilines is 1. The summed E-state index contributed by atoms with van der Waals surface area (Å²) < 4.78 is 91.7. The quantitative estimate of drug-likeness (QED) is 0.344. The SMILES string of the molecule is O=C(O)C1(N(c2ccc(-c3cc(C(F)(F)C(F)(F)F)on3)s2)S(=O)O)CC1c1ccccc1. The Bertz CT molecular complexity index is 1210. The van der Waals surface area contributed by atoms with Gasteiger partial charge in [0, 0.05) is 12.0 Å². The van der Waals surface area contributed by atoms with Crippen molar-refractivity contribution in [3.8, 4) is 10.6 Å². The van der Waals surface area contributed by atoms with Crippen molar-refractivity contribution >= 4 is 33.6 Å². The number of carbonyl (C=O) groups is 1. The first-order valence-corrected chi connectivity index (χ1v) is 11.0. The van der Waals surface area contributed by atoms with Gasteiger partial charge in [-0.1, -0.05) is 35.5 Å². The molecule has 1 aliphatic rings. The van der Waals surface area contributed by atoms with E-state index >= 15 is 0 Å². The standard InChI is InChI=1S/C19H13F5N2O5S2/c20-18(21,19(22,23)24)14-8-12(25-31-14)13-6-7-15(32-13)26(33(29)30)17(16(27)28)9-11(17)10-4-2-1-3-5-10/h1-8,11H,9H2,(H,27,28)(H,29,30). The molecule has 0 amide bonds. The summed E-state index contributed by atoms with van der Waals surface area (Å²) in [6.45, 7) is 0. The molecule has 33 heavy (non-hydrogen) atoms. The Morgan fingerprint density at radius 3 is 2.42 bits per heavy atom. The molecular weight excluding hydrogens is 495 g/mol. The zero-order valence-electron chi connectivity index (χ0n) is 16.1. The maximum absolute atomic E-state index is 13.5. The number of nitrogens with zero attached hydrogens (tertiary/aromatic N) is 2. The fourth-order valence-electron chi connectivity index (χ4n) is 3.55. The highest BCUT2D eigenvalue weighted by Gasteiger charge is 2.67. The lowest BCUT2D eigenvalue weighted by atomic mass is 10.1. The molecule has 3 atom stereocenters. The first-order valence-electron chi connectivity index (χ1n) is 9.11. The van der Waals surface area contributed by atoms with Crippen molar-refractivity contribution in [1.82, 2.24) is 5.16 Å². The van der Waals surface area contributed by atoms with E-state index in [9.17, 15) is 40.6 Å². The average Bonchev–Trinajstić information content (AvgIpc) is 3.07. The topological polar surface area (TPSA) is 104 Å². The van der Waals surface area contributed by atoms with Crippen LogP contribution in [0.1, 0.15) is 23.7 Å². The summed E-state index contributed by atoms with van der Waals surface area (Å²) in [6.07, 6.45) is -5.86. The molecule has 1 fully saturated rings. The normalized spacial score (nSPS) is 21.6. The van der Waals surface area contributed by atoms with Gasteiger partial charge in [0.15, 0.2) is 5.54 Å². The molecule has 1 saturated carbocycles. The Hall–Kier alpha value is -2.84. The van der Waals surface area contributed by atoms with Crippen molar-refractivity contribution in [2.45, 2.75) is 30.0 Å². The fourth-order valence-corrected chi connectivity index (χ4v) is 5.57. The van der Waals surface area contributed by atoms with E-state index in [4.69, 9.17) is 0 Å². The maximum atomic E-state index is 13.5. The monoisotopic (exact) mass is 508 g/mol. The summed E-state index contributed by atoms with van der Waals surface area (Å²) in [7, 11) is 0. The first kappa shape index (κ1) is 23.3. The lowest BCUT2D eigenvalue weighted by molar-refractivity contribution is -0.296. The molecule has 14 heteroatoms. The Labute approximate surface area is 188 Å². The van der Waals surface area contributed by atoms with Crippen molar-refractivity contribution in [3.05, 3.63) is 59.9 Å². The van der Waals surface area contributed by atoms with Gasteiger partial charge in [0.2, 0.25) is 5.76 Å². The lowest BCUT2D eigenvalue weighted by Gasteiger charge is -2.26. The molecule has 1 aromatic carbocycles. The number of carboxylic acid groups (broad SMARTS) is 1. The Kier molecular flexibility index (Phi) is 5.57. The highest BCUT2D eigenvalue weighted by molar-refractivity contribution is 7.81. The van der Waals surface area contributed by atoms with Gasteiger partial charge < -0.3 is 9.63 Å². The van der Waals surface area contributed by atoms with Gasteiger partial charge in [-0.3, -0.25) is 4.55 Å². The number of alkyl halides is 5. The largest absolute Gasteiger partial charge is 0.479 e. The summed E-state index contributed by atoms with van der Waals surface area (Å²) in [5, 5.41) is 13.1. The summed E-state index contributed by atoms with van der Waals surface area (Å²) >= 11 is -2.09. The molecule has 0 bridgehead atoms. The van der Waals surface area contributed by atoms with Crippen LogP contribution in [-0.4, -0.2) is 36.7 Å². The predicted octanol–water partition coefficient (Wildman–Crippen LogP) is 5.01. The fraction of sp³-hybridized carbons (Fsp3) is 0.263. The van der Waals surface area contributed by atoms with Crippen LogP contribution in [-0.2, 0) is 22.0 Å². The molecule has 176 valence electrons. The van der Waals surface area contributed by atoms with E-state index in [1.165, 1.54) is 12.1 Å². The van der Waals surface area contributed by atoms with Crippen LogP contribution in [0.4, 0.5) is 27.0 Å². The molecule has 3 aromatic rings. The molecule has 1 aliphatic carbocycles.